The summed E-state index contributed by atoms with van der Waals surface area (Å²) in [5, 5.41) is 11.0. The number of benzene rings is 1. The van der Waals surface area contributed by atoms with Gasteiger partial charge in [-0.15, -0.1) is 0 Å². The maximum atomic E-state index is 12.3. The van der Waals surface area contributed by atoms with Crippen LogP contribution in [0, 0.1) is 0 Å². The van der Waals surface area contributed by atoms with Crippen LogP contribution in [-0.4, -0.2) is 12.2 Å². The summed E-state index contributed by atoms with van der Waals surface area (Å²) >= 11 is 5.46. The van der Waals surface area contributed by atoms with Crippen molar-refractivity contribution < 1.29 is 18.3 Å². The van der Waals surface area contributed by atoms with Crippen LogP contribution in [0.3, 0.4) is 0 Å². The molecule has 0 saturated carbocycles. The molecule has 2 N–H and O–H groups in total. The summed E-state index contributed by atoms with van der Waals surface area (Å²) in [5.74, 6) is -0.314. The van der Waals surface area contributed by atoms with Crippen molar-refractivity contribution in [3.8, 4) is 5.75 Å². The first kappa shape index (κ1) is 14.9. The van der Waals surface area contributed by atoms with Gasteiger partial charge in [0, 0.05) is 7.05 Å². The number of phenols is 1. The van der Waals surface area contributed by atoms with E-state index in [9.17, 15) is 13.2 Å². The molecule has 0 spiro atoms. The molecule has 16 heavy (non-hydrogen) atoms. The zero-order valence-electron chi connectivity index (χ0n) is 9.11. The van der Waals surface area contributed by atoms with E-state index in [4.69, 9.17) is 16.7 Å². The minimum atomic E-state index is -4.52. The van der Waals surface area contributed by atoms with Crippen LogP contribution in [0.15, 0.2) is 12.1 Å². The van der Waals surface area contributed by atoms with Crippen LogP contribution in [0.1, 0.15) is 19.4 Å². The van der Waals surface area contributed by atoms with E-state index in [-0.39, 0.29) is 11.4 Å². The highest BCUT2D eigenvalue weighted by molar-refractivity contribution is 6.34. The van der Waals surface area contributed by atoms with E-state index in [1.165, 1.54) is 7.05 Å². The molecule has 0 fully saturated rings. The summed E-state index contributed by atoms with van der Waals surface area (Å²) in [4.78, 5) is 0. The van der Waals surface area contributed by atoms with Gasteiger partial charge in [-0.25, -0.2) is 0 Å². The second-order valence-corrected chi connectivity index (χ2v) is 2.95. The fraction of sp³-hybridized carbons (Fsp3) is 0.400. The van der Waals surface area contributed by atoms with E-state index in [1.54, 1.807) is 0 Å². The summed E-state index contributed by atoms with van der Waals surface area (Å²) in [6.45, 7) is 4.00. The number of phenolic OH excluding ortho intramolecular Hbond substituents is 1. The lowest BCUT2D eigenvalue weighted by Gasteiger charge is -2.13. The third kappa shape index (κ3) is 3.20. The van der Waals surface area contributed by atoms with Crippen molar-refractivity contribution in [1.29, 1.82) is 0 Å². The van der Waals surface area contributed by atoms with E-state index in [1.807, 2.05) is 13.8 Å². The highest BCUT2D eigenvalue weighted by Crippen LogP contribution is 2.41. The first-order chi connectivity index (χ1) is 7.38. The molecular weight excluding hydrogens is 243 g/mol. The average molecular weight is 256 g/mol. The van der Waals surface area contributed by atoms with Crippen molar-refractivity contribution in [2.45, 2.75) is 20.0 Å². The summed E-state index contributed by atoms with van der Waals surface area (Å²) in [7, 11) is 1.38. The van der Waals surface area contributed by atoms with Crippen LogP contribution in [0.4, 0.5) is 18.9 Å². The molecule has 0 aliphatic heterocycles. The third-order valence-electron chi connectivity index (χ3n) is 1.68. The fourth-order valence-corrected chi connectivity index (χ4v) is 1.38. The first-order valence-corrected chi connectivity index (χ1v) is 5.02. The van der Waals surface area contributed by atoms with Gasteiger partial charge in [-0.2, -0.15) is 13.2 Å². The van der Waals surface area contributed by atoms with Crippen LogP contribution >= 0.6 is 11.6 Å². The van der Waals surface area contributed by atoms with Crippen LogP contribution in [0.25, 0.3) is 0 Å². The van der Waals surface area contributed by atoms with Gasteiger partial charge < -0.3 is 10.4 Å². The van der Waals surface area contributed by atoms with Crippen molar-refractivity contribution >= 4 is 17.3 Å². The summed E-state index contributed by atoms with van der Waals surface area (Å²) in [6.07, 6.45) is -4.52. The molecule has 1 aromatic rings. The lowest BCUT2D eigenvalue weighted by atomic mass is 10.1. The Morgan fingerprint density at radius 2 is 1.75 bits per heavy atom. The SMILES string of the molecule is CC.CNc1c(O)ccc(C(F)(F)F)c1Cl. The number of hydrogen-bond donors (Lipinski definition) is 2. The molecule has 0 atom stereocenters. The van der Waals surface area contributed by atoms with Gasteiger partial charge in [-0.05, 0) is 12.1 Å². The third-order valence-corrected chi connectivity index (χ3v) is 2.07. The molecule has 0 aromatic heterocycles. The van der Waals surface area contributed by atoms with E-state index < -0.39 is 16.8 Å². The number of anilines is 1. The van der Waals surface area contributed by atoms with Crippen molar-refractivity contribution in [3.63, 3.8) is 0 Å². The van der Waals surface area contributed by atoms with Crippen molar-refractivity contribution in [2.24, 2.45) is 0 Å². The number of halogens is 4. The molecule has 0 aliphatic rings. The van der Waals surface area contributed by atoms with Gasteiger partial charge in [-0.1, -0.05) is 25.4 Å². The van der Waals surface area contributed by atoms with Gasteiger partial charge in [0.05, 0.1) is 16.3 Å². The minimum Gasteiger partial charge on any atom is -0.506 e. The average Bonchev–Trinajstić information content (AvgIpc) is 2.19. The Labute approximate surface area is 97.0 Å². The van der Waals surface area contributed by atoms with E-state index in [2.05, 4.69) is 5.32 Å². The first-order valence-electron chi connectivity index (χ1n) is 4.64. The Morgan fingerprint density at radius 3 is 2.12 bits per heavy atom. The van der Waals surface area contributed by atoms with E-state index in [0.717, 1.165) is 12.1 Å². The molecule has 0 bridgehead atoms. The number of nitrogens with one attached hydrogen (secondary N) is 1. The summed E-state index contributed by atoms with van der Waals surface area (Å²) in [6, 6.07) is 1.68. The Kier molecular flexibility index (Phi) is 5.44. The molecule has 2 nitrogen and oxygen atoms in total. The maximum absolute atomic E-state index is 12.3. The molecule has 0 heterocycles. The summed E-state index contributed by atoms with van der Waals surface area (Å²) < 4.78 is 36.9. The van der Waals surface area contributed by atoms with Crippen molar-refractivity contribution in [2.75, 3.05) is 12.4 Å². The smallest absolute Gasteiger partial charge is 0.417 e. The highest BCUT2D eigenvalue weighted by Gasteiger charge is 2.34. The standard InChI is InChI=1S/C8H7ClF3NO.C2H6/c1-13-7-5(14)3-2-4(6(7)9)8(10,11)12;1-2/h2-3,13-14H,1H3;1-2H3. The lowest BCUT2D eigenvalue weighted by molar-refractivity contribution is -0.137. The zero-order valence-corrected chi connectivity index (χ0v) is 9.87. The predicted octanol–water partition coefficient (Wildman–Crippen LogP) is 4.13. The number of rotatable bonds is 1. The van der Waals surface area contributed by atoms with E-state index in [0.29, 0.717) is 0 Å². The molecule has 0 radical (unpaired) electrons. The Bertz CT molecular complexity index is 353. The van der Waals surface area contributed by atoms with Gasteiger partial charge in [0.25, 0.3) is 0 Å². The Balaban J connectivity index is 0.00000106. The fourth-order valence-electron chi connectivity index (χ4n) is 1.02. The van der Waals surface area contributed by atoms with Crippen LogP contribution in [-0.2, 0) is 6.18 Å². The van der Waals surface area contributed by atoms with Crippen LogP contribution < -0.4 is 5.32 Å². The zero-order chi connectivity index (χ0) is 12.9. The van der Waals surface area contributed by atoms with Crippen molar-refractivity contribution in [1.82, 2.24) is 0 Å². The molecule has 92 valence electrons. The normalized spacial score (nSPS) is 10.4. The molecule has 0 unspecified atom stereocenters. The quantitative estimate of drug-likeness (QED) is 0.740. The summed E-state index contributed by atoms with van der Waals surface area (Å²) in [5.41, 5.74) is -1.09. The number of hydrogen-bond acceptors (Lipinski definition) is 2. The largest absolute Gasteiger partial charge is 0.506 e. The van der Waals surface area contributed by atoms with E-state index >= 15 is 0 Å². The van der Waals surface area contributed by atoms with Gasteiger partial charge in [0.15, 0.2) is 0 Å². The monoisotopic (exact) mass is 255 g/mol. The topological polar surface area (TPSA) is 32.3 Å². The Morgan fingerprint density at radius 1 is 1.25 bits per heavy atom. The van der Waals surface area contributed by atoms with Gasteiger partial charge in [0.2, 0.25) is 0 Å². The molecular formula is C10H13ClF3NO. The van der Waals surface area contributed by atoms with Crippen LogP contribution in [0.2, 0.25) is 5.02 Å². The molecule has 6 heteroatoms. The minimum absolute atomic E-state index is 0.124. The molecule has 0 amide bonds. The second kappa shape index (κ2) is 5.84. The lowest BCUT2D eigenvalue weighted by Crippen LogP contribution is -2.07. The van der Waals surface area contributed by atoms with Gasteiger partial charge in [0.1, 0.15) is 5.75 Å². The highest BCUT2D eigenvalue weighted by atomic mass is 35.5. The molecule has 0 saturated heterocycles. The molecule has 0 aliphatic carbocycles. The number of alkyl halides is 3. The molecule has 1 aromatic carbocycles. The van der Waals surface area contributed by atoms with Crippen molar-refractivity contribution in [3.05, 3.63) is 22.7 Å². The van der Waals surface area contributed by atoms with Gasteiger partial charge in [-0.3, -0.25) is 0 Å². The Hall–Kier alpha value is -1.10. The number of aromatic hydroxyl groups is 1. The van der Waals surface area contributed by atoms with Crippen LogP contribution in [0.5, 0.6) is 5.75 Å². The van der Waals surface area contributed by atoms with Gasteiger partial charge >= 0.3 is 6.18 Å². The maximum Gasteiger partial charge on any atom is 0.417 e. The second-order valence-electron chi connectivity index (χ2n) is 2.57. The predicted molar refractivity (Wildman–Crippen MR) is 59.0 cm³/mol. The molecule has 1 rings (SSSR count).